The van der Waals surface area contributed by atoms with Gasteiger partial charge in [-0.25, -0.2) is 0 Å². The lowest BCUT2D eigenvalue weighted by Crippen LogP contribution is -2.07. The number of carbonyl (C=O) groups excluding carboxylic acids is 2. The summed E-state index contributed by atoms with van der Waals surface area (Å²) in [5.41, 5.74) is 0.580. The minimum atomic E-state index is -0.139. The number of hydrogen-bond donors (Lipinski definition) is 0. The minimum Gasteiger partial charge on any atom is -0.294 e. The van der Waals surface area contributed by atoms with Gasteiger partial charge in [-0.15, -0.1) is 11.3 Å². The third-order valence-electron chi connectivity index (χ3n) is 2.26. The third-order valence-corrected chi connectivity index (χ3v) is 3.93. The lowest BCUT2D eigenvalue weighted by Gasteiger charge is -1.98. The minimum absolute atomic E-state index is 0.0725. The van der Waals surface area contributed by atoms with Crippen LogP contribution in [0.15, 0.2) is 46.3 Å². The number of halogens is 1. The number of rotatable bonds is 4. The fourth-order valence-corrected chi connectivity index (χ4v) is 2.75. The van der Waals surface area contributed by atoms with E-state index < -0.39 is 0 Å². The van der Waals surface area contributed by atoms with E-state index in [9.17, 15) is 9.59 Å². The predicted octanol–water partition coefficient (Wildman–Crippen LogP) is 3.97. The van der Waals surface area contributed by atoms with Gasteiger partial charge in [-0.3, -0.25) is 9.59 Å². The molecule has 0 atom stereocenters. The molecule has 0 amide bonds. The van der Waals surface area contributed by atoms with Crippen molar-refractivity contribution in [3.63, 3.8) is 0 Å². The molecule has 0 fully saturated rings. The van der Waals surface area contributed by atoms with Crippen LogP contribution in [0.1, 0.15) is 26.5 Å². The normalized spacial score (nSPS) is 10.2. The van der Waals surface area contributed by atoms with Gasteiger partial charge >= 0.3 is 0 Å². The van der Waals surface area contributed by atoms with Gasteiger partial charge in [0.05, 0.1) is 15.1 Å². The summed E-state index contributed by atoms with van der Waals surface area (Å²) >= 11 is 4.64. The van der Waals surface area contributed by atoms with Crippen molar-refractivity contribution in [2.45, 2.75) is 6.42 Å². The highest BCUT2D eigenvalue weighted by atomic mass is 79.9. The van der Waals surface area contributed by atoms with E-state index in [1.807, 2.05) is 12.1 Å². The van der Waals surface area contributed by atoms with Gasteiger partial charge in [0.25, 0.3) is 0 Å². The molecule has 0 aliphatic rings. The van der Waals surface area contributed by atoms with E-state index in [1.165, 1.54) is 11.3 Å². The summed E-state index contributed by atoms with van der Waals surface area (Å²) < 4.78 is 0.896. The van der Waals surface area contributed by atoms with E-state index in [4.69, 9.17) is 0 Å². The molecular weight excluding hydrogens is 300 g/mol. The van der Waals surface area contributed by atoms with E-state index in [2.05, 4.69) is 15.9 Å². The molecule has 2 aromatic rings. The Labute approximate surface area is 111 Å². The van der Waals surface area contributed by atoms with Gasteiger partial charge in [-0.1, -0.05) is 30.3 Å². The van der Waals surface area contributed by atoms with E-state index in [-0.39, 0.29) is 18.0 Å². The Kier molecular flexibility index (Phi) is 3.86. The fraction of sp³-hybridized carbons (Fsp3) is 0.0769. The van der Waals surface area contributed by atoms with Gasteiger partial charge in [-0.2, -0.15) is 0 Å². The van der Waals surface area contributed by atoms with Crippen LogP contribution in [0.5, 0.6) is 0 Å². The van der Waals surface area contributed by atoms with Crippen molar-refractivity contribution >= 4 is 38.8 Å². The van der Waals surface area contributed by atoms with Crippen molar-refractivity contribution in [2.75, 3.05) is 0 Å². The number of hydrogen-bond acceptors (Lipinski definition) is 3. The maximum absolute atomic E-state index is 11.8. The average Bonchev–Trinajstić information content (AvgIpc) is 2.77. The second-order valence-electron chi connectivity index (χ2n) is 3.49. The van der Waals surface area contributed by atoms with Crippen molar-refractivity contribution in [3.05, 3.63) is 56.7 Å². The van der Waals surface area contributed by atoms with Crippen LogP contribution < -0.4 is 0 Å². The van der Waals surface area contributed by atoms with E-state index in [0.717, 1.165) is 3.79 Å². The standard InChI is InChI=1S/C13H9BrO2S/c14-13-7-6-12(17-13)11(16)8-10(15)9-4-2-1-3-5-9/h1-7H,8H2. The molecule has 0 aliphatic heterocycles. The maximum Gasteiger partial charge on any atom is 0.180 e. The first kappa shape index (κ1) is 12.2. The highest BCUT2D eigenvalue weighted by Gasteiger charge is 2.14. The summed E-state index contributed by atoms with van der Waals surface area (Å²) in [4.78, 5) is 24.2. The van der Waals surface area contributed by atoms with Crippen molar-refractivity contribution in [1.29, 1.82) is 0 Å². The van der Waals surface area contributed by atoms with Gasteiger partial charge in [0.15, 0.2) is 11.6 Å². The molecule has 17 heavy (non-hydrogen) atoms. The number of benzene rings is 1. The zero-order valence-corrected chi connectivity index (χ0v) is 11.3. The Morgan fingerprint density at radius 2 is 1.71 bits per heavy atom. The molecule has 2 nitrogen and oxygen atoms in total. The molecule has 1 aromatic heterocycles. The van der Waals surface area contributed by atoms with E-state index in [1.54, 1.807) is 30.3 Å². The number of Topliss-reactive ketones (excluding diaryl/α,β-unsaturated/α-hetero) is 2. The molecule has 0 saturated heterocycles. The Hall–Kier alpha value is -1.26. The van der Waals surface area contributed by atoms with Crippen LogP contribution in [-0.2, 0) is 0 Å². The molecule has 1 heterocycles. The molecule has 0 saturated carbocycles. The third kappa shape index (κ3) is 3.11. The highest BCUT2D eigenvalue weighted by Crippen LogP contribution is 2.23. The molecular formula is C13H9BrO2S. The number of ketones is 2. The van der Waals surface area contributed by atoms with Gasteiger partial charge in [0.2, 0.25) is 0 Å². The lowest BCUT2D eigenvalue weighted by atomic mass is 10.1. The van der Waals surface area contributed by atoms with E-state index >= 15 is 0 Å². The summed E-state index contributed by atoms with van der Waals surface area (Å²) in [5, 5.41) is 0. The van der Waals surface area contributed by atoms with Crippen LogP contribution in [-0.4, -0.2) is 11.6 Å². The second kappa shape index (κ2) is 5.38. The number of thiophene rings is 1. The zero-order valence-electron chi connectivity index (χ0n) is 8.85. The molecule has 0 spiro atoms. The van der Waals surface area contributed by atoms with Gasteiger partial charge in [0.1, 0.15) is 0 Å². The van der Waals surface area contributed by atoms with Crippen molar-refractivity contribution < 1.29 is 9.59 Å². The molecule has 0 aliphatic carbocycles. The summed E-state index contributed by atoms with van der Waals surface area (Å²) in [6.45, 7) is 0. The maximum atomic E-state index is 11.8. The predicted molar refractivity (Wildman–Crippen MR) is 71.7 cm³/mol. The average molecular weight is 309 g/mol. The van der Waals surface area contributed by atoms with Crippen LogP contribution in [0.25, 0.3) is 0 Å². The SMILES string of the molecule is O=C(CC(=O)c1ccc(Br)s1)c1ccccc1. The summed E-state index contributed by atoms with van der Waals surface area (Å²) in [7, 11) is 0. The number of carbonyl (C=O) groups is 2. The summed E-state index contributed by atoms with van der Waals surface area (Å²) in [5.74, 6) is -0.269. The first-order valence-electron chi connectivity index (χ1n) is 5.03. The molecule has 1 aromatic carbocycles. The molecule has 2 rings (SSSR count). The quantitative estimate of drug-likeness (QED) is 0.632. The Balaban J connectivity index is 2.07. The molecule has 0 radical (unpaired) electrons. The summed E-state index contributed by atoms with van der Waals surface area (Å²) in [6.07, 6.45) is -0.0725. The first-order valence-corrected chi connectivity index (χ1v) is 6.64. The summed E-state index contributed by atoms with van der Waals surface area (Å²) in [6, 6.07) is 12.4. The van der Waals surface area contributed by atoms with Crippen molar-refractivity contribution in [2.24, 2.45) is 0 Å². The first-order chi connectivity index (χ1) is 8.16. The molecule has 0 N–H and O–H groups in total. The van der Waals surface area contributed by atoms with Crippen LogP contribution >= 0.6 is 27.3 Å². The topological polar surface area (TPSA) is 34.1 Å². The Bertz CT molecular complexity index is 546. The van der Waals surface area contributed by atoms with Crippen LogP contribution in [0.3, 0.4) is 0 Å². The van der Waals surface area contributed by atoms with E-state index in [0.29, 0.717) is 10.4 Å². The van der Waals surface area contributed by atoms with Crippen molar-refractivity contribution in [3.8, 4) is 0 Å². The molecule has 0 unspecified atom stereocenters. The Morgan fingerprint density at radius 3 is 2.29 bits per heavy atom. The smallest absolute Gasteiger partial charge is 0.180 e. The zero-order chi connectivity index (χ0) is 12.3. The fourth-order valence-electron chi connectivity index (χ4n) is 1.42. The molecule has 4 heteroatoms. The molecule has 86 valence electrons. The highest BCUT2D eigenvalue weighted by molar-refractivity contribution is 9.11. The second-order valence-corrected chi connectivity index (χ2v) is 5.96. The largest absolute Gasteiger partial charge is 0.294 e. The van der Waals surface area contributed by atoms with Crippen LogP contribution in [0.2, 0.25) is 0 Å². The lowest BCUT2D eigenvalue weighted by molar-refractivity contribution is 0.0896. The molecule has 0 bridgehead atoms. The van der Waals surface area contributed by atoms with Crippen molar-refractivity contribution in [1.82, 2.24) is 0 Å². The van der Waals surface area contributed by atoms with Gasteiger partial charge < -0.3 is 0 Å². The monoisotopic (exact) mass is 308 g/mol. The van der Waals surface area contributed by atoms with Crippen LogP contribution in [0.4, 0.5) is 0 Å². The van der Waals surface area contributed by atoms with Gasteiger partial charge in [0, 0.05) is 5.56 Å². The van der Waals surface area contributed by atoms with Gasteiger partial charge in [-0.05, 0) is 28.1 Å². The van der Waals surface area contributed by atoms with Crippen LogP contribution in [0, 0.1) is 0 Å². The Morgan fingerprint density at radius 1 is 1.00 bits per heavy atom.